The van der Waals surface area contributed by atoms with Crippen LogP contribution >= 0.6 is 0 Å². The third kappa shape index (κ3) is 3.08. The van der Waals surface area contributed by atoms with Crippen LogP contribution in [0.2, 0.25) is 0 Å². The Labute approximate surface area is 97.7 Å². The minimum Gasteiger partial charge on any atom is -0.396 e. The van der Waals surface area contributed by atoms with E-state index in [9.17, 15) is 26.7 Å². The van der Waals surface area contributed by atoms with Crippen molar-refractivity contribution in [2.75, 3.05) is 12.3 Å². The first-order valence-corrected chi connectivity index (χ1v) is 4.65. The second kappa shape index (κ2) is 4.78. The van der Waals surface area contributed by atoms with E-state index in [-0.39, 0.29) is 6.54 Å². The van der Waals surface area contributed by atoms with Crippen LogP contribution in [0.25, 0.3) is 0 Å². The van der Waals surface area contributed by atoms with E-state index in [1.165, 1.54) is 22.4 Å². The molecule has 0 fully saturated rings. The highest BCUT2D eigenvalue weighted by Gasteiger charge is 2.63. The summed E-state index contributed by atoms with van der Waals surface area (Å²) < 4.78 is 61.5. The molecule has 1 aromatic heterocycles. The predicted molar refractivity (Wildman–Crippen MR) is 50.7 cm³/mol. The lowest BCUT2D eigenvalue weighted by molar-refractivity contribution is -0.269. The zero-order chi connectivity index (χ0) is 14.0. The summed E-state index contributed by atoms with van der Waals surface area (Å²) in [6.45, 7) is -0.498. The second-order valence-corrected chi connectivity index (χ2v) is 3.36. The minimum atomic E-state index is -5.91. The second-order valence-electron chi connectivity index (χ2n) is 3.36. The third-order valence-corrected chi connectivity index (χ3v) is 1.92. The van der Waals surface area contributed by atoms with Crippen molar-refractivity contribution in [2.45, 2.75) is 18.6 Å². The highest BCUT2D eigenvalue weighted by atomic mass is 19.4. The van der Waals surface area contributed by atoms with Gasteiger partial charge in [-0.2, -0.15) is 27.1 Å². The van der Waals surface area contributed by atoms with Crippen LogP contribution in [-0.4, -0.2) is 34.3 Å². The molecule has 0 aromatic carbocycles. The Morgan fingerprint density at radius 3 is 2.44 bits per heavy atom. The van der Waals surface area contributed by atoms with Crippen LogP contribution in [0.5, 0.6) is 0 Å². The number of carbonyl (C=O) groups is 1. The molecule has 3 N–H and O–H groups in total. The molecule has 18 heavy (non-hydrogen) atoms. The molecule has 10 heteroatoms. The summed E-state index contributed by atoms with van der Waals surface area (Å²) in [5, 5.41) is 5.13. The summed E-state index contributed by atoms with van der Waals surface area (Å²) in [6.07, 6.45) is -3.30. The average Bonchev–Trinajstić information content (AvgIpc) is 2.62. The first-order chi connectivity index (χ1) is 8.14. The third-order valence-electron chi connectivity index (χ3n) is 1.92. The maximum absolute atomic E-state index is 12.5. The monoisotopic (exact) mass is 272 g/mol. The molecule has 0 saturated carbocycles. The molecule has 1 aromatic rings. The molecule has 0 unspecified atom stereocenters. The molecule has 5 nitrogen and oxygen atoms in total. The lowest BCUT2D eigenvalue weighted by Crippen LogP contribution is -2.50. The van der Waals surface area contributed by atoms with Crippen LogP contribution in [0.15, 0.2) is 12.4 Å². The fourth-order valence-electron chi connectivity index (χ4n) is 1.03. The molecule has 1 amide bonds. The summed E-state index contributed by atoms with van der Waals surface area (Å²) in [5.41, 5.74) is 5.60. The lowest BCUT2D eigenvalue weighted by atomic mass is 10.3. The fraction of sp³-hybridized carbons (Fsp3) is 0.500. The van der Waals surface area contributed by atoms with Crippen molar-refractivity contribution in [1.82, 2.24) is 15.1 Å². The molecule has 0 bridgehead atoms. The van der Waals surface area contributed by atoms with Gasteiger partial charge in [0, 0.05) is 12.7 Å². The van der Waals surface area contributed by atoms with Crippen LogP contribution in [0.3, 0.4) is 0 Å². The maximum Gasteiger partial charge on any atom is 0.463 e. The Balaban J connectivity index is 2.47. The molecule has 0 aliphatic rings. The van der Waals surface area contributed by atoms with Crippen molar-refractivity contribution >= 4 is 11.6 Å². The number of rotatable bonds is 4. The van der Waals surface area contributed by atoms with E-state index in [4.69, 9.17) is 5.73 Å². The van der Waals surface area contributed by atoms with E-state index in [1.807, 2.05) is 0 Å². The molecule has 0 aliphatic carbocycles. The van der Waals surface area contributed by atoms with Crippen molar-refractivity contribution in [3.05, 3.63) is 12.4 Å². The van der Waals surface area contributed by atoms with Gasteiger partial charge in [-0.15, -0.1) is 0 Å². The van der Waals surface area contributed by atoms with Crippen LogP contribution in [0, 0.1) is 0 Å². The Morgan fingerprint density at radius 1 is 1.39 bits per heavy atom. The van der Waals surface area contributed by atoms with Crippen LogP contribution in [0.1, 0.15) is 0 Å². The molecule has 1 rings (SSSR count). The van der Waals surface area contributed by atoms with Crippen molar-refractivity contribution < 1.29 is 26.7 Å². The van der Waals surface area contributed by atoms with Crippen molar-refractivity contribution in [2.24, 2.45) is 0 Å². The first-order valence-electron chi connectivity index (χ1n) is 4.65. The standard InChI is InChI=1S/C8H9F5N4O/c9-7(10,8(11,12)13)6(18)15-1-2-17-4-5(14)3-16-17/h3-4H,1-2,14H2,(H,15,18). The van der Waals surface area contributed by atoms with E-state index in [2.05, 4.69) is 5.10 Å². The van der Waals surface area contributed by atoms with Crippen LogP contribution in [0.4, 0.5) is 27.6 Å². The SMILES string of the molecule is Nc1cnn(CCNC(=O)C(F)(F)C(F)(F)F)c1. The number of hydrogen-bond acceptors (Lipinski definition) is 3. The van der Waals surface area contributed by atoms with Gasteiger partial charge in [0.1, 0.15) is 0 Å². The van der Waals surface area contributed by atoms with Gasteiger partial charge in [-0.25, -0.2) is 0 Å². The molecule has 0 saturated heterocycles. The molecule has 0 spiro atoms. The van der Waals surface area contributed by atoms with E-state index >= 15 is 0 Å². The maximum atomic E-state index is 12.5. The smallest absolute Gasteiger partial charge is 0.396 e. The van der Waals surface area contributed by atoms with Gasteiger partial charge >= 0.3 is 12.1 Å². The van der Waals surface area contributed by atoms with Gasteiger partial charge in [0.05, 0.1) is 18.4 Å². The molecular weight excluding hydrogens is 263 g/mol. The summed E-state index contributed by atoms with van der Waals surface area (Å²) in [5.74, 6) is -7.80. The highest BCUT2D eigenvalue weighted by molar-refractivity contribution is 5.84. The number of aromatic nitrogens is 2. The Hall–Kier alpha value is -1.87. The van der Waals surface area contributed by atoms with Gasteiger partial charge < -0.3 is 11.1 Å². The molecule has 102 valence electrons. The van der Waals surface area contributed by atoms with Crippen molar-refractivity contribution in [3.8, 4) is 0 Å². The lowest BCUT2D eigenvalue weighted by Gasteiger charge is -2.18. The number of nitrogens with one attached hydrogen (secondary N) is 1. The largest absolute Gasteiger partial charge is 0.463 e. The highest BCUT2D eigenvalue weighted by Crippen LogP contribution is 2.35. The van der Waals surface area contributed by atoms with E-state index in [0.717, 1.165) is 0 Å². The van der Waals surface area contributed by atoms with E-state index in [0.29, 0.717) is 5.69 Å². The van der Waals surface area contributed by atoms with E-state index < -0.39 is 24.6 Å². The Morgan fingerprint density at radius 2 is 2.00 bits per heavy atom. The first kappa shape index (κ1) is 14.2. The number of alkyl halides is 5. The zero-order valence-electron chi connectivity index (χ0n) is 8.84. The Bertz CT molecular complexity index is 427. The normalized spacial score (nSPS) is 12.5. The molecule has 0 atom stereocenters. The summed E-state index contributed by atoms with van der Waals surface area (Å²) in [4.78, 5) is 10.7. The summed E-state index contributed by atoms with van der Waals surface area (Å²) in [6, 6.07) is 0. The number of halogens is 5. The molecule has 1 heterocycles. The van der Waals surface area contributed by atoms with Gasteiger partial charge in [-0.05, 0) is 0 Å². The van der Waals surface area contributed by atoms with Gasteiger partial charge in [-0.1, -0.05) is 0 Å². The van der Waals surface area contributed by atoms with Crippen LogP contribution in [-0.2, 0) is 11.3 Å². The fourth-order valence-corrected chi connectivity index (χ4v) is 1.03. The molecular formula is C8H9F5N4O. The number of hydrogen-bond donors (Lipinski definition) is 2. The quantitative estimate of drug-likeness (QED) is 0.795. The minimum absolute atomic E-state index is 0.0725. The van der Waals surface area contributed by atoms with Gasteiger partial charge in [0.15, 0.2) is 0 Å². The van der Waals surface area contributed by atoms with Gasteiger partial charge in [-0.3, -0.25) is 9.48 Å². The number of nitrogens with two attached hydrogens (primary N) is 1. The van der Waals surface area contributed by atoms with Gasteiger partial charge in [0.2, 0.25) is 0 Å². The van der Waals surface area contributed by atoms with Gasteiger partial charge in [0.25, 0.3) is 5.91 Å². The molecule has 0 aliphatic heterocycles. The number of nitrogens with zero attached hydrogens (tertiary/aromatic N) is 2. The van der Waals surface area contributed by atoms with Crippen molar-refractivity contribution in [3.63, 3.8) is 0 Å². The zero-order valence-corrected chi connectivity index (χ0v) is 8.84. The average molecular weight is 272 g/mol. The number of amides is 1. The number of carbonyl (C=O) groups excluding carboxylic acids is 1. The molecule has 0 radical (unpaired) electrons. The Kier molecular flexibility index (Phi) is 3.77. The topological polar surface area (TPSA) is 72.9 Å². The number of nitrogen functional groups attached to an aromatic ring is 1. The van der Waals surface area contributed by atoms with E-state index in [1.54, 1.807) is 0 Å². The predicted octanol–water partition coefficient (Wildman–Crippen LogP) is 0.779. The summed E-state index contributed by atoms with van der Waals surface area (Å²) in [7, 11) is 0. The van der Waals surface area contributed by atoms with Crippen LogP contribution < -0.4 is 11.1 Å². The van der Waals surface area contributed by atoms with Crippen molar-refractivity contribution in [1.29, 1.82) is 0 Å². The number of anilines is 1. The summed E-state index contributed by atoms with van der Waals surface area (Å²) >= 11 is 0.